The lowest BCUT2D eigenvalue weighted by molar-refractivity contribution is 0.0691. The van der Waals surface area contributed by atoms with Crippen LogP contribution in [0.1, 0.15) is 23.3 Å². The zero-order valence-electron chi connectivity index (χ0n) is 9.05. The molecule has 1 aromatic rings. The van der Waals surface area contributed by atoms with E-state index in [1.165, 1.54) is 11.3 Å². The fraction of sp³-hybridized carbons (Fsp3) is 0.600. The van der Waals surface area contributed by atoms with Crippen molar-refractivity contribution in [3.63, 3.8) is 0 Å². The molecule has 1 unspecified atom stereocenters. The van der Waals surface area contributed by atoms with Crippen molar-refractivity contribution in [3.8, 4) is 0 Å². The molecule has 0 amide bonds. The molecule has 1 fully saturated rings. The molecule has 2 heterocycles. The summed E-state index contributed by atoms with van der Waals surface area (Å²) in [6.45, 7) is 1.72. The highest BCUT2D eigenvalue weighted by Gasteiger charge is 2.22. The van der Waals surface area contributed by atoms with Crippen LogP contribution >= 0.6 is 11.3 Å². The van der Waals surface area contributed by atoms with Crippen LogP contribution in [-0.2, 0) is 4.74 Å². The highest BCUT2D eigenvalue weighted by molar-refractivity contribution is 7.13. The monoisotopic (exact) mass is 242 g/mol. The van der Waals surface area contributed by atoms with E-state index >= 15 is 0 Å². The van der Waals surface area contributed by atoms with E-state index in [0.29, 0.717) is 0 Å². The van der Waals surface area contributed by atoms with Crippen LogP contribution in [0.4, 0.5) is 5.13 Å². The number of carboxylic acids is 1. The zero-order chi connectivity index (χ0) is 11.5. The van der Waals surface area contributed by atoms with Crippen molar-refractivity contribution in [2.24, 2.45) is 0 Å². The van der Waals surface area contributed by atoms with E-state index < -0.39 is 5.97 Å². The van der Waals surface area contributed by atoms with Gasteiger partial charge in [0, 0.05) is 25.6 Å². The molecule has 1 aromatic heterocycles. The predicted octanol–water partition coefficient (Wildman–Crippen LogP) is 1.46. The number of hydrogen-bond donors (Lipinski definition) is 1. The molecule has 1 saturated heterocycles. The van der Waals surface area contributed by atoms with Crippen LogP contribution in [0.2, 0.25) is 0 Å². The summed E-state index contributed by atoms with van der Waals surface area (Å²) in [5.74, 6) is -0.970. The molecular weight excluding hydrogens is 228 g/mol. The summed E-state index contributed by atoms with van der Waals surface area (Å²) in [5.41, 5.74) is 0.125. The summed E-state index contributed by atoms with van der Waals surface area (Å²) >= 11 is 1.38. The molecule has 0 bridgehead atoms. The van der Waals surface area contributed by atoms with E-state index in [-0.39, 0.29) is 11.8 Å². The first kappa shape index (κ1) is 11.3. The third-order valence-corrected chi connectivity index (χ3v) is 3.59. The summed E-state index contributed by atoms with van der Waals surface area (Å²) in [5, 5.41) is 11.2. The lowest BCUT2D eigenvalue weighted by Gasteiger charge is -2.31. The molecule has 5 nitrogen and oxygen atoms in total. The van der Waals surface area contributed by atoms with Gasteiger partial charge in [-0.15, -0.1) is 11.3 Å². The smallest absolute Gasteiger partial charge is 0.355 e. The molecule has 1 atom stereocenters. The van der Waals surface area contributed by atoms with Gasteiger partial charge in [-0.1, -0.05) is 0 Å². The first-order valence-electron chi connectivity index (χ1n) is 5.17. The average molecular weight is 242 g/mol. The van der Waals surface area contributed by atoms with Gasteiger partial charge in [-0.25, -0.2) is 9.78 Å². The van der Waals surface area contributed by atoms with Gasteiger partial charge in [-0.2, -0.15) is 0 Å². The number of methoxy groups -OCH3 is 1. The third kappa shape index (κ3) is 2.33. The maximum absolute atomic E-state index is 10.7. The number of carboxylic acid groups (broad SMARTS) is 1. The van der Waals surface area contributed by atoms with Crippen molar-refractivity contribution >= 4 is 22.4 Å². The van der Waals surface area contributed by atoms with Crippen molar-refractivity contribution in [3.05, 3.63) is 11.1 Å². The Bertz CT molecular complexity index is 380. The molecule has 0 aromatic carbocycles. The summed E-state index contributed by atoms with van der Waals surface area (Å²) in [6.07, 6.45) is 2.34. The molecule has 6 heteroatoms. The van der Waals surface area contributed by atoms with E-state index in [1.54, 1.807) is 12.5 Å². The van der Waals surface area contributed by atoms with Gasteiger partial charge in [0.25, 0.3) is 0 Å². The second-order valence-corrected chi connectivity index (χ2v) is 4.60. The van der Waals surface area contributed by atoms with Gasteiger partial charge >= 0.3 is 5.97 Å². The van der Waals surface area contributed by atoms with Gasteiger partial charge in [0.05, 0.1) is 6.10 Å². The molecule has 1 N–H and O–H groups in total. The minimum atomic E-state index is -0.970. The molecule has 1 aliphatic rings. The average Bonchev–Trinajstić information content (AvgIpc) is 2.78. The van der Waals surface area contributed by atoms with E-state index in [9.17, 15) is 4.79 Å². The molecule has 0 aliphatic carbocycles. The van der Waals surface area contributed by atoms with Crippen molar-refractivity contribution in [2.45, 2.75) is 18.9 Å². The highest BCUT2D eigenvalue weighted by Crippen LogP contribution is 2.24. The van der Waals surface area contributed by atoms with E-state index in [1.807, 2.05) is 0 Å². The van der Waals surface area contributed by atoms with Gasteiger partial charge in [-0.3, -0.25) is 0 Å². The number of hydrogen-bond acceptors (Lipinski definition) is 5. The molecule has 2 rings (SSSR count). The lowest BCUT2D eigenvalue weighted by Crippen LogP contribution is -2.39. The highest BCUT2D eigenvalue weighted by atomic mass is 32.1. The first-order valence-corrected chi connectivity index (χ1v) is 6.05. The van der Waals surface area contributed by atoms with Crippen molar-refractivity contribution < 1.29 is 14.6 Å². The molecule has 0 spiro atoms. The summed E-state index contributed by atoms with van der Waals surface area (Å²) in [4.78, 5) is 16.9. The Morgan fingerprint density at radius 3 is 3.19 bits per heavy atom. The van der Waals surface area contributed by atoms with Gasteiger partial charge in [0.15, 0.2) is 10.8 Å². The summed E-state index contributed by atoms with van der Waals surface area (Å²) < 4.78 is 5.32. The van der Waals surface area contributed by atoms with Crippen LogP contribution < -0.4 is 4.90 Å². The van der Waals surface area contributed by atoms with E-state index in [4.69, 9.17) is 9.84 Å². The van der Waals surface area contributed by atoms with Gasteiger partial charge in [0.2, 0.25) is 0 Å². The Kier molecular flexibility index (Phi) is 3.40. The molecular formula is C10H14N2O3S. The Morgan fingerprint density at radius 1 is 1.75 bits per heavy atom. The summed E-state index contributed by atoms with van der Waals surface area (Å²) in [7, 11) is 1.71. The SMILES string of the molecule is COC1CCCN(c2nc(C(=O)O)cs2)C1. The molecule has 1 aliphatic heterocycles. The van der Waals surface area contributed by atoms with Crippen molar-refractivity contribution in [1.29, 1.82) is 0 Å². The number of thiazole rings is 1. The van der Waals surface area contributed by atoms with Gasteiger partial charge in [-0.05, 0) is 12.8 Å². The number of aromatic carboxylic acids is 1. The maximum Gasteiger partial charge on any atom is 0.355 e. The number of anilines is 1. The predicted molar refractivity (Wildman–Crippen MR) is 61.3 cm³/mol. The Hall–Kier alpha value is -1.14. The fourth-order valence-corrected chi connectivity index (χ4v) is 2.65. The number of nitrogens with zero attached hydrogens (tertiary/aromatic N) is 2. The standard InChI is InChI=1S/C10H14N2O3S/c1-15-7-3-2-4-12(5-7)10-11-8(6-16-10)9(13)14/h6-7H,2-5H2,1H3,(H,13,14). The second kappa shape index (κ2) is 4.80. The number of piperidine rings is 1. The van der Waals surface area contributed by atoms with Crippen LogP contribution in [0.5, 0.6) is 0 Å². The van der Waals surface area contributed by atoms with Crippen LogP contribution in [0.3, 0.4) is 0 Å². The lowest BCUT2D eigenvalue weighted by atomic mass is 10.1. The molecule has 0 radical (unpaired) electrons. The van der Waals surface area contributed by atoms with Crippen LogP contribution in [0.25, 0.3) is 0 Å². The largest absolute Gasteiger partial charge is 0.476 e. The maximum atomic E-state index is 10.7. The Balaban J connectivity index is 2.08. The number of rotatable bonds is 3. The van der Waals surface area contributed by atoms with Crippen molar-refractivity contribution in [1.82, 2.24) is 4.98 Å². The van der Waals surface area contributed by atoms with Crippen LogP contribution in [0, 0.1) is 0 Å². The Morgan fingerprint density at radius 2 is 2.56 bits per heavy atom. The summed E-state index contributed by atoms with van der Waals surface area (Å²) in [6, 6.07) is 0. The van der Waals surface area contributed by atoms with Crippen LogP contribution in [0.15, 0.2) is 5.38 Å². The minimum absolute atomic E-state index is 0.125. The molecule has 88 valence electrons. The second-order valence-electron chi connectivity index (χ2n) is 3.77. The molecule has 0 saturated carbocycles. The number of carbonyl (C=O) groups is 1. The van der Waals surface area contributed by atoms with E-state index in [2.05, 4.69) is 9.88 Å². The number of ether oxygens (including phenoxy) is 1. The fourth-order valence-electron chi connectivity index (χ4n) is 1.81. The normalized spacial score (nSPS) is 21.1. The van der Waals surface area contributed by atoms with Gasteiger partial charge < -0.3 is 14.7 Å². The van der Waals surface area contributed by atoms with Crippen LogP contribution in [-0.4, -0.2) is 42.4 Å². The first-order chi connectivity index (χ1) is 7.70. The zero-order valence-corrected chi connectivity index (χ0v) is 9.87. The topological polar surface area (TPSA) is 62.7 Å². The number of aromatic nitrogens is 1. The van der Waals surface area contributed by atoms with E-state index in [0.717, 1.165) is 31.1 Å². The molecule has 16 heavy (non-hydrogen) atoms. The van der Waals surface area contributed by atoms with Gasteiger partial charge in [0.1, 0.15) is 0 Å². The quantitative estimate of drug-likeness (QED) is 0.869. The Labute approximate surface area is 97.7 Å². The third-order valence-electron chi connectivity index (χ3n) is 2.69. The minimum Gasteiger partial charge on any atom is -0.476 e. The van der Waals surface area contributed by atoms with Crippen molar-refractivity contribution in [2.75, 3.05) is 25.1 Å².